The van der Waals surface area contributed by atoms with Crippen LogP contribution in [0.15, 0.2) is 77.7 Å². The normalized spacial score (nSPS) is 17.2. The second-order valence-corrected chi connectivity index (χ2v) is 10.9. The summed E-state index contributed by atoms with van der Waals surface area (Å²) in [4.78, 5) is 44.5. The lowest BCUT2D eigenvalue weighted by atomic mass is 10.1. The van der Waals surface area contributed by atoms with E-state index in [0.717, 1.165) is 42.7 Å². The van der Waals surface area contributed by atoms with Crippen molar-refractivity contribution in [3.63, 3.8) is 0 Å². The summed E-state index contributed by atoms with van der Waals surface area (Å²) >= 11 is 6.95. The average molecular weight is 562 g/mol. The van der Waals surface area contributed by atoms with E-state index in [9.17, 15) is 14.4 Å². The molecule has 0 saturated carbocycles. The maximum absolute atomic E-state index is 13.3. The van der Waals surface area contributed by atoms with Gasteiger partial charge in [-0.2, -0.15) is 0 Å². The van der Waals surface area contributed by atoms with Crippen LogP contribution in [0.25, 0.3) is 6.08 Å². The highest BCUT2D eigenvalue weighted by Gasteiger charge is 2.35. The molecule has 0 unspecified atom stereocenters. The van der Waals surface area contributed by atoms with Crippen LogP contribution in [0.4, 0.5) is 4.79 Å². The zero-order valence-corrected chi connectivity index (χ0v) is 23.1. The van der Waals surface area contributed by atoms with E-state index in [1.54, 1.807) is 49.6 Å². The van der Waals surface area contributed by atoms with E-state index in [2.05, 4.69) is 17.0 Å². The van der Waals surface area contributed by atoms with Crippen LogP contribution in [-0.2, 0) is 17.9 Å². The summed E-state index contributed by atoms with van der Waals surface area (Å²) < 4.78 is 5.23. The van der Waals surface area contributed by atoms with E-state index in [4.69, 9.17) is 16.3 Å². The zero-order valence-electron chi connectivity index (χ0n) is 21.5. The molecular weight excluding hydrogens is 534 g/mol. The number of benzene rings is 3. The monoisotopic (exact) mass is 561 g/mol. The van der Waals surface area contributed by atoms with Crippen molar-refractivity contribution in [2.75, 3.05) is 33.3 Å². The molecule has 0 atom stereocenters. The molecule has 2 saturated heterocycles. The molecule has 2 fully saturated rings. The van der Waals surface area contributed by atoms with Gasteiger partial charge in [0, 0.05) is 43.3 Å². The topological polar surface area (TPSA) is 70.2 Å². The number of imide groups is 1. The average Bonchev–Trinajstić information content (AvgIpc) is 3.21. The van der Waals surface area contributed by atoms with Gasteiger partial charge in [-0.15, -0.1) is 0 Å². The molecule has 0 N–H and O–H groups in total. The molecule has 0 aromatic heterocycles. The lowest BCUT2D eigenvalue weighted by Gasteiger charge is -2.34. The minimum atomic E-state index is -0.352. The fourth-order valence-electron chi connectivity index (χ4n) is 4.65. The summed E-state index contributed by atoms with van der Waals surface area (Å²) in [5.74, 6) is 0.447. The van der Waals surface area contributed by atoms with Gasteiger partial charge in [0.15, 0.2) is 0 Å². The van der Waals surface area contributed by atoms with Crippen molar-refractivity contribution < 1.29 is 19.1 Å². The molecule has 3 aromatic carbocycles. The lowest BCUT2D eigenvalue weighted by Crippen LogP contribution is -2.48. The number of nitrogens with zero attached hydrogens (tertiary/aromatic N) is 3. The number of hydrogen-bond donors (Lipinski definition) is 0. The first kappa shape index (κ1) is 27.0. The molecule has 3 amide bonds. The molecule has 2 aliphatic heterocycles. The number of methoxy groups -OCH3 is 1. The van der Waals surface area contributed by atoms with Gasteiger partial charge < -0.3 is 9.64 Å². The molecular formula is C30H28ClN3O4S. The molecule has 0 radical (unpaired) electrons. The number of amides is 3. The molecule has 0 bridgehead atoms. The standard InChI is InChI=1S/C30H28ClN3O4S/c1-38-26-10-8-21(9-11-26)19-32-12-14-33(15-13-32)28(35)24-6-2-4-22(16-24)18-27-29(36)34(30(37)39-27)20-23-5-3-7-25(31)17-23/h2-11,16-18H,12-15,19-20H2,1H3/b27-18-. The van der Waals surface area contributed by atoms with Gasteiger partial charge in [0.05, 0.1) is 18.6 Å². The smallest absolute Gasteiger partial charge is 0.293 e. The molecule has 2 aliphatic rings. The Balaban J connectivity index is 1.20. The molecule has 7 nitrogen and oxygen atoms in total. The van der Waals surface area contributed by atoms with Gasteiger partial charge >= 0.3 is 0 Å². The number of hydrogen-bond acceptors (Lipinski definition) is 6. The van der Waals surface area contributed by atoms with Crippen LogP contribution in [-0.4, -0.2) is 65.0 Å². The number of halogens is 1. The van der Waals surface area contributed by atoms with Crippen LogP contribution in [0.1, 0.15) is 27.0 Å². The van der Waals surface area contributed by atoms with Crippen molar-refractivity contribution in [1.82, 2.24) is 14.7 Å². The van der Waals surface area contributed by atoms with Gasteiger partial charge in [-0.3, -0.25) is 24.2 Å². The second-order valence-electron chi connectivity index (χ2n) is 9.44. The fourth-order valence-corrected chi connectivity index (χ4v) is 5.70. The minimum absolute atomic E-state index is 0.0385. The summed E-state index contributed by atoms with van der Waals surface area (Å²) in [5, 5.41) is 0.223. The Morgan fingerprint density at radius 3 is 2.38 bits per heavy atom. The summed E-state index contributed by atoms with van der Waals surface area (Å²) in [6, 6.07) is 22.3. The van der Waals surface area contributed by atoms with Gasteiger partial charge in [-0.25, -0.2) is 0 Å². The third kappa shape index (κ3) is 6.53. The van der Waals surface area contributed by atoms with E-state index in [0.29, 0.717) is 34.1 Å². The highest BCUT2D eigenvalue weighted by molar-refractivity contribution is 8.18. The number of ether oxygens (including phenoxy) is 1. The van der Waals surface area contributed by atoms with Gasteiger partial charge in [-0.1, -0.05) is 48.0 Å². The predicted molar refractivity (Wildman–Crippen MR) is 154 cm³/mol. The summed E-state index contributed by atoms with van der Waals surface area (Å²) in [6.07, 6.45) is 1.67. The Hall–Kier alpha value is -3.59. The van der Waals surface area contributed by atoms with E-state index >= 15 is 0 Å². The number of thioether (sulfide) groups is 1. The minimum Gasteiger partial charge on any atom is -0.497 e. The Kier molecular flexibility index (Phi) is 8.35. The van der Waals surface area contributed by atoms with Crippen LogP contribution < -0.4 is 4.74 Å². The molecule has 0 spiro atoms. The Labute approximate surface area is 237 Å². The maximum atomic E-state index is 13.3. The van der Waals surface area contributed by atoms with Crippen molar-refractivity contribution in [3.8, 4) is 5.75 Å². The number of rotatable bonds is 7. The number of carbonyl (C=O) groups excluding carboxylic acids is 3. The van der Waals surface area contributed by atoms with E-state index in [1.807, 2.05) is 29.2 Å². The first-order chi connectivity index (χ1) is 18.9. The van der Waals surface area contributed by atoms with Crippen LogP contribution >= 0.6 is 23.4 Å². The Morgan fingerprint density at radius 2 is 1.67 bits per heavy atom. The number of carbonyl (C=O) groups is 3. The molecule has 5 rings (SSSR count). The highest BCUT2D eigenvalue weighted by atomic mass is 35.5. The van der Waals surface area contributed by atoms with Gasteiger partial charge in [0.1, 0.15) is 5.75 Å². The molecule has 3 aromatic rings. The second kappa shape index (κ2) is 12.1. The third-order valence-corrected chi connectivity index (χ3v) is 7.90. The Bertz CT molecular complexity index is 1420. The fraction of sp³-hybridized carbons (Fsp3) is 0.233. The number of piperazine rings is 1. The quantitative estimate of drug-likeness (QED) is 0.353. The van der Waals surface area contributed by atoms with E-state index in [1.165, 1.54) is 10.5 Å². The van der Waals surface area contributed by atoms with E-state index in [-0.39, 0.29) is 23.6 Å². The van der Waals surface area contributed by atoms with Crippen molar-refractivity contribution in [2.24, 2.45) is 0 Å². The van der Waals surface area contributed by atoms with Crippen LogP contribution in [0.2, 0.25) is 5.02 Å². The van der Waals surface area contributed by atoms with Crippen LogP contribution in [0.5, 0.6) is 5.75 Å². The van der Waals surface area contributed by atoms with Crippen molar-refractivity contribution >= 4 is 46.5 Å². The first-order valence-electron chi connectivity index (χ1n) is 12.6. The molecule has 39 heavy (non-hydrogen) atoms. The summed E-state index contributed by atoms with van der Waals surface area (Å²) in [7, 11) is 1.66. The molecule has 2 heterocycles. The summed E-state index contributed by atoms with van der Waals surface area (Å²) in [6.45, 7) is 3.84. The van der Waals surface area contributed by atoms with Crippen molar-refractivity contribution in [2.45, 2.75) is 13.1 Å². The SMILES string of the molecule is COc1ccc(CN2CCN(C(=O)c3cccc(/C=C4\SC(=O)N(Cc5cccc(Cl)c5)C4=O)c3)CC2)cc1. The largest absolute Gasteiger partial charge is 0.497 e. The van der Waals surface area contributed by atoms with Gasteiger partial charge in [0.25, 0.3) is 17.1 Å². The van der Waals surface area contributed by atoms with Crippen LogP contribution in [0, 0.1) is 0 Å². The zero-order chi connectivity index (χ0) is 27.4. The lowest BCUT2D eigenvalue weighted by molar-refractivity contribution is -0.123. The van der Waals surface area contributed by atoms with E-state index < -0.39 is 0 Å². The molecule has 9 heteroatoms. The molecule has 200 valence electrons. The Morgan fingerprint density at radius 1 is 0.923 bits per heavy atom. The van der Waals surface area contributed by atoms with Crippen LogP contribution in [0.3, 0.4) is 0 Å². The third-order valence-electron chi connectivity index (χ3n) is 6.76. The first-order valence-corrected chi connectivity index (χ1v) is 13.8. The van der Waals surface area contributed by atoms with Gasteiger partial charge in [-0.05, 0) is 70.9 Å². The van der Waals surface area contributed by atoms with Gasteiger partial charge in [0.2, 0.25) is 0 Å². The molecule has 0 aliphatic carbocycles. The highest BCUT2D eigenvalue weighted by Crippen LogP contribution is 2.33. The predicted octanol–water partition coefficient (Wildman–Crippen LogP) is 5.54. The maximum Gasteiger partial charge on any atom is 0.293 e. The summed E-state index contributed by atoms with van der Waals surface area (Å²) in [5.41, 5.74) is 3.25. The van der Waals surface area contributed by atoms with Crippen molar-refractivity contribution in [1.29, 1.82) is 0 Å². The van der Waals surface area contributed by atoms with Crippen molar-refractivity contribution in [3.05, 3.63) is 105 Å².